The van der Waals surface area contributed by atoms with E-state index >= 15 is 0 Å². The van der Waals surface area contributed by atoms with Crippen molar-refractivity contribution in [2.24, 2.45) is 0 Å². The highest BCUT2D eigenvalue weighted by molar-refractivity contribution is 5.79. The molecule has 18 heavy (non-hydrogen) atoms. The van der Waals surface area contributed by atoms with Crippen LogP contribution in [0.1, 0.15) is 51.4 Å². The van der Waals surface area contributed by atoms with Gasteiger partial charge in [0, 0.05) is 25.9 Å². The lowest BCUT2D eigenvalue weighted by atomic mass is 9.96. The van der Waals surface area contributed by atoms with Crippen molar-refractivity contribution in [3.8, 4) is 0 Å². The first-order valence-electron chi connectivity index (χ1n) is 7.17. The zero-order valence-electron chi connectivity index (χ0n) is 11.0. The van der Waals surface area contributed by atoms with Crippen LogP contribution in [0.4, 0.5) is 0 Å². The fourth-order valence-electron chi connectivity index (χ4n) is 2.68. The highest BCUT2D eigenvalue weighted by Gasteiger charge is 2.21. The first kappa shape index (κ1) is 13.5. The molecule has 0 bridgehead atoms. The number of carbonyl (C=O) groups excluding carboxylic acids is 2. The van der Waals surface area contributed by atoms with Gasteiger partial charge in [-0.05, 0) is 25.7 Å². The molecular weight excluding hydrogens is 230 g/mol. The lowest BCUT2D eigenvalue weighted by Crippen LogP contribution is -2.36. The molecule has 0 aromatic heterocycles. The van der Waals surface area contributed by atoms with Crippen LogP contribution in [0.5, 0.6) is 0 Å². The minimum Gasteiger partial charge on any atom is -0.368 e. The number of ketones is 1. The van der Waals surface area contributed by atoms with Crippen molar-refractivity contribution < 1.29 is 14.3 Å². The molecule has 1 aliphatic carbocycles. The third-order valence-corrected chi connectivity index (χ3v) is 3.89. The van der Waals surface area contributed by atoms with Crippen molar-refractivity contribution in [3.05, 3.63) is 0 Å². The largest absolute Gasteiger partial charge is 0.368 e. The van der Waals surface area contributed by atoms with Crippen LogP contribution in [0, 0.1) is 0 Å². The summed E-state index contributed by atoms with van der Waals surface area (Å²) in [6, 6.07) is 0. The highest BCUT2D eigenvalue weighted by atomic mass is 16.5. The van der Waals surface area contributed by atoms with E-state index in [2.05, 4.69) is 0 Å². The molecule has 0 radical (unpaired) electrons. The monoisotopic (exact) mass is 253 g/mol. The molecular formula is C14H23NO3. The zero-order valence-corrected chi connectivity index (χ0v) is 11.0. The van der Waals surface area contributed by atoms with Gasteiger partial charge in [0.1, 0.15) is 12.4 Å². The van der Waals surface area contributed by atoms with Gasteiger partial charge in [0.25, 0.3) is 0 Å². The topological polar surface area (TPSA) is 46.6 Å². The van der Waals surface area contributed by atoms with E-state index in [1.165, 1.54) is 12.8 Å². The van der Waals surface area contributed by atoms with Gasteiger partial charge < -0.3 is 9.64 Å². The Labute approximate surface area is 109 Å². The number of Topliss-reactive ketones (excluding diaryl/α,β-unsaturated/α-hetero) is 1. The molecule has 0 N–H and O–H groups in total. The molecule has 1 aliphatic heterocycles. The maximum absolute atomic E-state index is 12.0. The Morgan fingerprint density at radius 3 is 2.33 bits per heavy atom. The van der Waals surface area contributed by atoms with Gasteiger partial charge in [-0.1, -0.05) is 12.8 Å². The van der Waals surface area contributed by atoms with Gasteiger partial charge in [-0.3, -0.25) is 9.59 Å². The number of hydrogen-bond acceptors (Lipinski definition) is 3. The summed E-state index contributed by atoms with van der Waals surface area (Å²) < 4.78 is 5.64. The second kappa shape index (κ2) is 6.88. The average molecular weight is 253 g/mol. The Kier molecular flexibility index (Phi) is 5.17. The molecule has 0 atom stereocenters. The number of nitrogens with zero attached hydrogens (tertiary/aromatic N) is 1. The van der Waals surface area contributed by atoms with Crippen LogP contribution in [0.15, 0.2) is 0 Å². The van der Waals surface area contributed by atoms with Crippen molar-refractivity contribution in [2.45, 2.75) is 57.5 Å². The standard InChI is InChI=1S/C14H23NO3/c16-12-5-7-13(8-6-12)18-11-14(17)15-9-3-1-2-4-10-15/h13H,1-11H2. The van der Waals surface area contributed by atoms with E-state index in [1.807, 2.05) is 4.90 Å². The predicted molar refractivity (Wildman–Crippen MR) is 68.3 cm³/mol. The van der Waals surface area contributed by atoms with Gasteiger partial charge in [0.05, 0.1) is 6.10 Å². The van der Waals surface area contributed by atoms with E-state index in [0.29, 0.717) is 18.6 Å². The molecule has 0 aromatic rings. The van der Waals surface area contributed by atoms with E-state index < -0.39 is 0 Å². The van der Waals surface area contributed by atoms with Crippen molar-refractivity contribution in [2.75, 3.05) is 19.7 Å². The second-order valence-corrected chi connectivity index (χ2v) is 5.34. The molecule has 0 aromatic carbocycles. The molecule has 1 heterocycles. The Morgan fingerprint density at radius 1 is 1.11 bits per heavy atom. The van der Waals surface area contributed by atoms with Gasteiger partial charge in [-0.15, -0.1) is 0 Å². The summed E-state index contributed by atoms with van der Waals surface area (Å²) in [5.41, 5.74) is 0. The summed E-state index contributed by atoms with van der Waals surface area (Å²) in [5.74, 6) is 0.447. The van der Waals surface area contributed by atoms with Gasteiger partial charge in [0.15, 0.2) is 0 Å². The first-order valence-corrected chi connectivity index (χ1v) is 7.17. The molecule has 2 fully saturated rings. The summed E-state index contributed by atoms with van der Waals surface area (Å²) in [7, 11) is 0. The number of amides is 1. The van der Waals surface area contributed by atoms with Crippen molar-refractivity contribution in [3.63, 3.8) is 0 Å². The third-order valence-electron chi connectivity index (χ3n) is 3.89. The average Bonchev–Trinajstić information content (AvgIpc) is 2.66. The number of rotatable bonds is 3. The third kappa shape index (κ3) is 4.09. The molecule has 102 valence electrons. The second-order valence-electron chi connectivity index (χ2n) is 5.34. The fourth-order valence-corrected chi connectivity index (χ4v) is 2.68. The summed E-state index contributed by atoms with van der Waals surface area (Å²) >= 11 is 0. The van der Waals surface area contributed by atoms with Crippen LogP contribution in [0.2, 0.25) is 0 Å². The molecule has 4 heteroatoms. The van der Waals surface area contributed by atoms with Crippen LogP contribution in [0.25, 0.3) is 0 Å². The van der Waals surface area contributed by atoms with E-state index in [9.17, 15) is 9.59 Å². The minimum atomic E-state index is 0.110. The van der Waals surface area contributed by atoms with Crippen molar-refractivity contribution >= 4 is 11.7 Å². The zero-order chi connectivity index (χ0) is 12.8. The maximum atomic E-state index is 12.0. The quantitative estimate of drug-likeness (QED) is 0.772. The van der Waals surface area contributed by atoms with E-state index in [0.717, 1.165) is 38.8 Å². The molecule has 4 nitrogen and oxygen atoms in total. The number of hydrogen-bond donors (Lipinski definition) is 0. The van der Waals surface area contributed by atoms with Gasteiger partial charge >= 0.3 is 0 Å². The van der Waals surface area contributed by atoms with Gasteiger partial charge in [-0.25, -0.2) is 0 Å². The molecule has 1 saturated carbocycles. The van der Waals surface area contributed by atoms with Gasteiger partial charge in [-0.2, -0.15) is 0 Å². The van der Waals surface area contributed by atoms with Crippen LogP contribution >= 0.6 is 0 Å². The number of carbonyl (C=O) groups is 2. The Bertz CT molecular complexity index is 285. The number of likely N-dealkylation sites (tertiary alicyclic amines) is 1. The minimum absolute atomic E-state index is 0.110. The van der Waals surface area contributed by atoms with Crippen molar-refractivity contribution in [1.82, 2.24) is 4.90 Å². The number of ether oxygens (including phenoxy) is 1. The lowest BCUT2D eigenvalue weighted by Gasteiger charge is -2.24. The molecule has 1 amide bonds. The van der Waals surface area contributed by atoms with Crippen LogP contribution in [-0.2, 0) is 14.3 Å². The molecule has 2 aliphatic rings. The highest BCUT2D eigenvalue weighted by Crippen LogP contribution is 2.18. The summed E-state index contributed by atoms with van der Waals surface area (Å²) in [4.78, 5) is 25.0. The van der Waals surface area contributed by atoms with E-state index in [1.54, 1.807) is 0 Å². The van der Waals surface area contributed by atoms with E-state index in [4.69, 9.17) is 4.74 Å². The Hall–Kier alpha value is -0.900. The van der Waals surface area contributed by atoms with Crippen molar-refractivity contribution in [1.29, 1.82) is 0 Å². The predicted octanol–water partition coefficient (Wildman–Crippen LogP) is 1.92. The van der Waals surface area contributed by atoms with Gasteiger partial charge in [0.2, 0.25) is 5.91 Å². The van der Waals surface area contributed by atoms with Crippen LogP contribution in [-0.4, -0.2) is 42.4 Å². The maximum Gasteiger partial charge on any atom is 0.248 e. The smallest absolute Gasteiger partial charge is 0.248 e. The first-order chi connectivity index (χ1) is 8.75. The van der Waals surface area contributed by atoms with Crippen LogP contribution < -0.4 is 0 Å². The SMILES string of the molecule is O=C1CCC(OCC(=O)N2CCCCCC2)CC1. The summed E-state index contributed by atoms with van der Waals surface area (Å²) in [5, 5.41) is 0. The Morgan fingerprint density at radius 2 is 1.72 bits per heavy atom. The summed E-state index contributed by atoms with van der Waals surface area (Å²) in [6.45, 7) is 1.95. The molecule has 2 rings (SSSR count). The normalized spacial score (nSPS) is 22.9. The molecule has 0 unspecified atom stereocenters. The summed E-state index contributed by atoms with van der Waals surface area (Å²) in [6.07, 6.45) is 7.60. The molecule has 1 saturated heterocycles. The molecule has 0 spiro atoms. The lowest BCUT2D eigenvalue weighted by molar-refractivity contribution is -0.139. The van der Waals surface area contributed by atoms with Crippen LogP contribution in [0.3, 0.4) is 0 Å². The Balaban J connectivity index is 1.68. The van der Waals surface area contributed by atoms with E-state index in [-0.39, 0.29) is 18.6 Å². The fraction of sp³-hybridized carbons (Fsp3) is 0.857.